The van der Waals surface area contributed by atoms with Crippen LogP contribution in [0.4, 0.5) is 0 Å². The predicted octanol–water partition coefficient (Wildman–Crippen LogP) is 6.52. The summed E-state index contributed by atoms with van der Waals surface area (Å²) in [4.78, 5) is 37.5. The fourth-order valence-electron chi connectivity index (χ4n) is 4.51. The summed E-state index contributed by atoms with van der Waals surface area (Å²) in [6, 6.07) is 11.3. The van der Waals surface area contributed by atoms with Gasteiger partial charge in [-0.05, 0) is 73.4 Å². The Kier molecular flexibility index (Phi) is 9.72. The Morgan fingerprint density at radius 1 is 0.658 bits per heavy atom. The number of carboxylic acid groups (broad SMARTS) is 2. The molecular weight excluding hydrogens is 478 g/mol. The van der Waals surface area contributed by atoms with Crippen LogP contribution in [0.15, 0.2) is 36.4 Å². The van der Waals surface area contributed by atoms with Crippen LogP contribution in [-0.4, -0.2) is 37.1 Å². The number of rotatable bonds is 12. The molecule has 0 radical (unpaired) electrons. The fraction of sp³-hybridized carbons (Fsp3) is 0.452. The monoisotopic (exact) mass is 517 g/mol. The molecule has 0 bridgehead atoms. The molecule has 0 spiro atoms. The molecule has 7 heteroatoms. The van der Waals surface area contributed by atoms with Gasteiger partial charge in [-0.3, -0.25) is 19.7 Å². The number of aromatic carboxylic acids is 1. The highest BCUT2D eigenvalue weighted by Gasteiger charge is 2.19. The molecule has 0 saturated carbocycles. The van der Waals surface area contributed by atoms with Gasteiger partial charge in [0.25, 0.3) is 0 Å². The number of pyridine rings is 3. The zero-order chi connectivity index (χ0) is 28.0. The van der Waals surface area contributed by atoms with E-state index in [1.165, 1.54) is 0 Å². The van der Waals surface area contributed by atoms with E-state index in [1.807, 2.05) is 24.3 Å². The van der Waals surface area contributed by atoms with E-state index in [4.69, 9.17) is 20.1 Å². The first-order chi connectivity index (χ1) is 17.9. The van der Waals surface area contributed by atoms with Crippen LogP contribution in [0.2, 0.25) is 0 Å². The van der Waals surface area contributed by atoms with Crippen LogP contribution in [0.5, 0.6) is 0 Å². The summed E-state index contributed by atoms with van der Waals surface area (Å²) in [6.45, 7) is 12.7. The number of hydrogen-bond donors (Lipinski definition) is 2. The van der Waals surface area contributed by atoms with Crippen molar-refractivity contribution in [3.8, 4) is 22.5 Å². The van der Waals surface area contributed by atoms with Crippen molar-refractivity contribution in [2.24, 2.45) is 17.8 Å². The maximum absolute atomic E-state index is 11.8. The zero-order valence-corrected chi connectivity index (χ0v) is 23.3. The smallest absolute Gasteiger partial charge is 0.337 e. The van der Waals surface area contributed by atoms with Crippen LogP contribution in [0.25, 0.3) is 22.5 Å². The number of hydrogen-bond acceptors (Lipinski definition) is 5. The van der Waals surface area contributed by atoms with Gasteiger partial charge in [0.05, 0.1) is 40.5 Å². The molecule has 0 atom stereocenters. The van der Waals surface area contributed by atoms with Crippen molar-refractivity contribution in [1.82, 2.24) is 15.0 Å². The molecule has 0 aliphatic rings. The van der Waals surface area contributed by atoms with Crippen molar-refractivity contribution in [2.45, 2.75) is 73.6 Å². The number of aromatic nitrogens is 3. The van der Waals surface area contributed by atoms with Gasteiger partial charge in [-0.15, -0.1) is 0 Å². The minimum atomic E-state index is -0.965. The highest BCUT2D eigenvalue weighted by atomic mass is 16.4. The number of aryl methyl sites for hydroxylation is 1. The lowest BCUT2D eigenvalue weighted by atomic mass is 9.96. The molecule has 7 nitrogen and oxygen atoms in total. The van der Waals surface area contributed by atoms with Crippen molar-refractivity contribution in [3.05, 3.63) is 64.7 Å². The molecule has 3 aromatic rings. The molecule has 0 fully saturated rings. The third-order valence-corrected chi connectivity index (χ3v) is 6.16. The third kappa shape index (κ3) is 7.70. The van der Waals surface area contributed by atoms with Crippen LogP contribution >= 0.6 is 0 Å². The van der Waals surface area contributed by atoms with E-state index < -0.39 is 11.9 Å². The Bertz CT molecular complexity index is 1300. The summed E-state index contributed by atoms with van der Waals surface area (Å²) in [5.41, 5.74) is 6.83. The van der Waals surface area contributed by atoms with Crippen LogP contribution in [0.3, 0.4) is 0 Å². The second-order valence-corrected chi connectivity index (χ2v) is 11.2. The number of carboxylic acids is 2. The van der Waals surface area contributed by atoms with Gasteiger partial charge in [-0.2, -0.15) is 0 Å². The van der Waals surface area contributed by atoms with E-state index in [9.17, 15) is 14.7 Å². The van der Waals surface area contributed by atoms with Crippen molar-refractivity contribution in [2.75, 3.05) is 0 Å². The van der Waals surface area contributed by atoms with Gasteiger partial charge in [0.1, 0.15) is 0 Å². The quantitative estimate of drug-likeness (QED) is 0.281. The Labute approximate surface area is 225 Å². The Morgan fingerprint density at radius 2 is 1.13 bits per heavy atom. The van der Waals surface area contributed by atoms with Gasteiger partial charge in [-0.25, -0.2) is 4.79 Å². The molecule has 3 heterocycles. The van der Waals surface area contributed by atoms with Crippen molar-refractivity contribution in [3.63, 3.8) is 0 Å². The Morgan fingerprint density at radius 3 is 1.66 bits per heavy atom. The molecule has 3 rings (SSSR count). The van der Waals surface area contributed by atoms with Crippen molar-refractivity contribution < 1.29 is 19.8 Å². The van der Waals surface area contributed by atoms with E-state index >= 15 is 0 Å². The largest absolute Gasteiger partial charge is 0.481 e. The van der Waals surface area contributed by atoms with Crippen LogP contribution in [0.1, 0.15) is 81.1 Å². The maximum Gasteiger partial charge on any atom is 0.337 e. The molecule has 202 valence electrons. The number of aliphatic carboxylic acids is 1. The molecule has 0 aromatic carbocycles. The number of nitrogens with zero attached hydrogens (tertiary/aromatic N) is 3. The maximum atomic E-state index is 11.8. The van der Waals surface area contributed by atoms with Crippen molar-refractivity contribution >= 4 is 11.9 Å². The summed E-state index contributed by atoms with van der Waals surface area (Å²) >= 11 is 0. The summed E-state index contributed by atoms with van der Waals surface area (Å²) in [5.74, 6) is -0.791. The summed E-state index contributed by atoms with van der Waals surface area (Å²) < 4.78 is 0. The average Bonchev–Trinajstić information content (AvgIpc) is 2.81. The molecular formula is C31H39N3O4. The van der Waals surface area contributed by atoms with E-state index in [-0.39, 0.29) is 17.9 Å². The van der Waals surface area contributed by atoms with Crippen LogP contribution in [0, 0.1) is 17.8 Å². The fourth-order valence-corrected chi connectivity index (χ4v) is 4.51. The normalized spacial score (nSPS) is 11.5. The minimum absolute atomic E-state index is 0.0470. The SMILES string of the molecule is CC(C)Cc1nc(-c2ccc(-c3ccc(CCC(=O)O)nc3CC(C)C)nc2CC(C)C)ccc1C(=O)O. The minimum Gasteiger partial charge on any atom is -0.481 e. The van der Waals surface area contributed by atoms with Gasteiger partial charge >= 0.3 is 11.9 Å². The predicted molar refractivity (Wildman–Crippen MR) is 149 cm³/mol. The molecule has 0 aliphatic carbocycles. The lowest BCUT2D eigenvalue weighted by molar-refractivity contribution is -0.136. The topological polar surface area (TPSA) is 113 Å². The summed E-state index contributed by atoms with van der Waals surface area (Å²) in [5, 5.41) is 18.7. The van der Waals surface area contributed by atoms with Crippen LogP contribution in [-0.2, 0) is 30.5 Å². The van der Waals surface area contributed by atoms with Gasteiger partial charge in [0.2, 0.25) is 0 Å². The van der Waals surface area contributed by atoms with E-state index in [0.717, 1.165) is 52.4 Å². The Hall–Kier alpha value is -3.61. The summed E-state index contributed by atoms with van der Waals surface area (Å²) in [7, 11) is 0. The first-order valence-corrected chi connectivity index (χ1v) is 13.4. The zero-order valence-electron chi connectivity index (χ0n) is 23.3. The van der Waals surface area contributed by atoms with Gasteiger partial charge in [0.15, 0.2) is 0 Å². The van der Waals surface area contributed by atoms with Crippen molar-refractivity contribution in [1.29, 1.82) is 0 Å². The molecule has 2 N–H and O–H groups in total. The van der Waals surface area contributed by atoms with E-state index in [0.29, 0.717) is 30.4 Å². The second kappa shape index (κ2) is 12.8. The number of carbonyl (C=O) groups is 2. The lowest BCUT2D eigenvalue weighted by Crippen LogP contribution is -2.10. The average molecular weight is 518 g/mol. The van der Waals surface area contributed by atoms with Gasteiger partial charge < -0.3 is 10.2 Å². The van der Waals surface area contributed by atoms with Gasteiger partial charge in [0, 0.05) is 23.2 Å². The molecule has 38 heavy (non-hydrogen) atoms. The molecule has 3 aromatic heterocycles. The standard InChI is InChI=1S/C31H39N3O4/c1-18(2)15-27-22(9-7-21(32-27)8-14-30(35)36)25-12-10-23(28(33-25)16-19(3)4)26-13-11-24(31(37)38)29(34-26)17-20(5)6/h7,9-13,18-20H,8,14-17H2,1-6H3,(H,35,36)(H,37,38). The molecule has 0 saturated heterocycles. The molecule has 0 unspecified atom stereocenters. The highest BCUT2D eigenvalue weighted by Crippen LogP contribution is 2.30. The highest BCUT2D eigenvalue weighted by molar-refractivity contribution is 5.89. The summed E-state index contributed by atoms with van der Waals surface area (Å²) in [6.07, 6.45) is 2.53. The molecule has 0 amide bonds. The third-order valence-electron chi connectivity index (χ3n) is 6.16. The van der Waals surface area contributed by atoms with Gasteiger partial charge in [-0.1, -0.05) is 41.5 Å². The molecule has 0 aliphatic heterocycles. The van der Waals surface area contributed by atoms with E-state index in [1.54, 1.807) is 12.1 Å². The second-order valence-electron chi connectivity index (χ2n) is 11.2. The first-order valence-electron chi connectivity index (χ1n) is 13.4. The Balaban J connectivity index is 2.11. The van der Waals surface area contributed by atoms with E-state index in [2.05, 4.69) is 41.5 Å². The lowest BCUT2D eigenvalue weighted by Gasteiger charge is -2.17. The van der Waals surface area contributed by atoms with Crippen LogP contribution < -0.4 is 0 Å². The first kappa shape index (κ1) is 29.0.